The molecule has 0 aliphatic carbocycles. The van der Waals surface area contributed by atoms with E-state index in [0.717, 1.165) is 12.1 Å². The highest BCUT2D eigenvalue weighted by Gasteiger charge is 2.37. The summed E-state index contributed by atoms with van der Waals surface area (Å²) in [6.45, 7) is 2.75. The smallest absolute Gasteiger partial charge is 0.319 e. The van der Waals surface area contributed by atoms with Crippen molar-refractivity contribution >= 4 is 5.78 Å². The van der Waals surface area contributed by atoms with Gasteiger partial charge in [-0.2, -0.15) is 13.2 Å². The first-order chi connectivity index (χ1) is 7.14. The van der Waals surface area contributed by atoms with Crippen LogP contribution in [0.4, 0.5) is 13.2 Å². The maximum absolute atomic E-state index is 12.6. The average Bonchev–Trinajstić information content (AvgIpc) is 2.14. The monoisotopic (exact) mass is 231 g/mol. The number of ketones is 1. The van der Waals surface area contributed by atoms with Crippen molar-refractivity contribution in [2.24, 2.45) is 5.73 Å². The van der Waals surface area contributed by atoms with E-state index in [0.29, 0.717) is 0 Å². The van der Waals surface area contributed by atoms with Gasteiger partial charge in [0, 0.05) is 5.56 Å². The molecule has 0 fully saturated rings. The van der Waals surface area contributed by atoms with Crippen LogP contribution in [0.2, 0.25) is 0 Å². The van der Waals surface area contributed by atoms with Crippen LogP contribution in [-0.4, -0.2) is 11.3 Å². The molecular formula is C11H12F3NO. The largest absolute Gasteiger partial charge is 0.417 e. The first-order valence-corrected chi connectivity index (χ1v) is 4.64. The number of alkyl halides is 3. The Bertz CT molecular complexity index is 404. The number of nitrogens with two attached hydrogens (primary N) is 1. The van der Waals surface area contributed by atoms with Gasteiger partial charge in [-0.15, -0.1) is 0 Å². The minimum absolute atomic E-state index is 0.387. The molecule has 2 N–H and O–H groups in total. The molecule has 0 unspecified atom stereocenters. The summed E-state index contributed by atoms with van der Waals surface area (Å²) >= 11 is 0. The maximum Gasteiger partial charge on any atom is 0.417 e. The highest BCUT2D eigenvalue weighted by molar-refractivity contribution is 6.03. The van der Waals surface area contributed by atoms with Gasteiger partial charge in [-0.3, -0.25) is 4.79 Å². The zero-order valence-corrected chi connectivity index (χ0v) is 8.93. The molecule has 1 rings (SSSR count). The topological polar surface area (TPSA) is 43.1 Å². The van der Waals surface area contributed by atoms with Crippen molar-refractivity contribution in [2.45, 2.75) is 25.6 Å². The van der Waals surface area contributed by atoms with Crippen LogP contribution in [0.1, 0.15) is 29.8 Å². The molecular weight excluding hydrogens is 219 g/mol. The van der Waals surface area contributed by atoms with Gasteiger partial charge in [0.05, 0.1) is 11.1 Å². The van der Waals surface area contributed by atoms with E-state index < -0.39 is 23.1 Å². The van der Waals surface area contributed by atoms with E-state index in [1.165, 1.54) is 26.0 Å². The van der Waals surface area contributed by atoms with Crippen LogP contribution < -0.4 is 5.73 Å². The Labute approximate surface area is 91.3 Å². The van der Waals surface area contributed by atoms with Gasteiger partial charge in [-0.25, -0.2) is 0 Å². The first-order valence-electron chi connectivity index (χ1n) is 4.64. The van der Waals surface area contributed by atoms with E-state index in [1.54, 1.807) is 0 Å². The summed E-state index contributed by atoms with van der Waals surface area (Å²) in [7, 11) is 0. The molecule has 5 heteroatoms. The molecule has 0 saturated carbocycles. The molecule has 1 aromatic carbocycles. The van der Waals surface area contributed by atoms with Crippen molar-refractivity contribution < 1.29 is 18.0 Å². The predicted octanol–water partition coefficient (Wildman–Crippen LogP) is 2.63. The van der Waals surface area contributed by atoms with Gasteiger partial charge in [0.1, 0.15) is 0 Å². The normalized spacial score (nSPS) is 12.6. The number of Topliss-reactive ketones (excluding diaryl/α,β-unsaturated/α-hetero) is 1. The van der Waals surface area contributed by atoms with Gasteiger partial charge in [0.2, 0.25) is 0 Å². The Hall–Kier alpha value is -1.36. The zero-order valence-electron chi connectivity index (χ0n) is 8.93. The molecule has 0 heterocycles. The van der Waals surface area contributed by atoms with Crippen LogP contribution >= 0.6 is 0 Å². The SMILES string of the molecule is CC(C)(N)C(=O)c1ccccc1C(F)(F)F. The number of carbonyl (C=O) groups excluding carboxylic acids is 1. The van der Waals surface area contributed by atoms with Crippen LogP contribution in [-0.2, 0) is 6.18 Å². The Morgan fingerprint density at radius 3 is 2.12 bits per heavy atom. The quantitative estimate of drug-likeness (QED) is 0.795. The Morgan fingerprint density at radius 2 is 1.69 bits per heavy atom. The third-order valence-electron chi connectivity index (χ3n) is 2.06. The number of benzene rings is 1. The minimum atomic E-state index is -4.54. The molecule has 2 nitrogen and oxygen atoms in total. The Kier molecular flexibility index (Phi) is 3.10. The lowest BCUT2D eigenvalue weighted by Gasteiger charge is -2.19. The molecule has 88 valence electrons. The minimum Gasteiger partial charge on any atom is -0.319 e. The lowest BCUT2D eigenvalue weighted by molar-refractivity contribution is -0.137. The first kappa shape index (κ1) is 12.7. The lowest BCUT2D eigenvalue weighted by Crippen LogP contribution is -2.42. The summed E-state index contributed by atoms with van der Waals surface area (Å²) in [6, 6.07) is 4.63. The average molecular weight is 231 g/mol. The van der Waals surface area contributed by atoms with Crippen molar-refractivity contribution in [3.63, 3.8) is 0 Å². The van der Waals surface area contributed by atoms with E-state index in [2.05, 4.69) is 0 Å². The third kappa shape index (κ3) is 2.61. The molecule has 0 atom stereocenters. The second kappa shape index (κ2) is 3.90. The van der Waals surface area contributed by atoms with Crippen LogP contribution in [0.3, 0.4) is 0 Å². The van der Waals surface area contributed by atoms with Gasteiger partial charge in [-0.1, -0.05) is 18.2 Å². The van der Waals surface area contributed by atoms with E-state index in [9.17, 15) is 18.0 Å². The Morgan fingerprint density at radius 1 is 1.19 bits per heavy atom. The van der Waals surface area contributed by atoms with Crippen LogP contribution in [0.25, 0.3) is 0 Å². The fraction of sp³-hybridized carbons (Fsp3) is 0.364. The predicted molar refractivity (Wildman–Crippen MR) is 54.0 cm³/mol. The lowest BCUT2D eigenvalue weighted by atomic mass is 9.91. The second-order valence-corrected chi connectivity index (χ2v) is 4.09. The summed E-state index contributed by atoms with van der Waals surface area (Å²) < 4.78 is 37.8. The number of hydrogen-bond acceptors (Lipinski definition) is 2. The summed E-state index contributed by atoms with van der Waals surface area (Å²) in [5, 5.41) is 0. The van der Waals surface area contributed by atoms with Gasteiger partial charge in [0.25, 0.3) is 0 Å². The number of rotatable bonds is 2. The summed E-state index contributed by atoms with van der Waals surface area (Å²) in [4.78, 5) is 11.7. The molecule has 0 amide bonds. The zero-order chi connectivity index (χ0) is 12.6. The molecule has 0 spiro atoms. The number of halogens is 3. The van der Waals surface area contributed by atoms with Crippen LogP contribution in [0.5, 0.6) is 0 Å². The van der Waals surface area contributed by atoms with Crippen molar-refractivity contribution in [1.82, 2.24) is 0 Å². The van der Waals surface area contributed by atoms with Crippen molar-refractivity contribution in [2.75, 3.05) is 0 Å². The van der Waals surface area contributed by atoms with E-state index >= 15 is 0 Å². The maximum atomic E-state index is 12.6. The summed E-state index contributed by atoms with van der Waals surface area (Å²) in [5.74, 6) is -0.722. The van der Waals surface area contributed by atoms with Gasteiger partial charge < -0.3 is 5.73 Å². The fourth-order valence-electron chi connectivity index (χ4n) is 1.28. The highest BCUT2D eigenvalue weighted by Crippen LogP contribution is 2.32. The molecule has 0 radical (unpaired) electrons. The molecule has 1 aromatic rings. The molecule has 0 aliphatic heterocycles. The standard InChI is InChI=1S/C11H12F3NO/c1-10(2,15)9(16)7-5-3-4-6-8(7)11(12,13)14/h3-6H,15H2,1-2H3. The molecule has 0 aliphatic rings. The van der Waals surface area contributed by atoms with E-state index in [1.807, 2.05) is 0 Å². The third-order valence-corrected chi connectivity index (χ3v) is 2.06. The van der Waals surface area contributed by atoms with Gasteiger partial charge in [0.15, 0.2) is 5.78 Å². The molecule has 0 bridgehead atoms. The highest BCUT2D eigenvalue weighted by atomic mass is 19.4. The molecule has 16 heavy (non-hydrogen) atoms. The summed E-state index contributed by atoms with van der Waals surface area (Å²) in [5.41, 5.74) is 2.86. The number of hydrogen-bond donors (Lipinski definition) is 1. The van der Waals surface area contributed by atoms with Crippen molar-refractivity contribution in [3.05, 3.63) is 35.4 Å². The van der Waals surface area contributed by atoms with E-state index in [-0.39, 0.29) is 5.56 Å². The Balaban J connectivity index is 3.31. The number of carbonyl (C=O) groups is 1. The van der Waals surface area contributed by atoms with Crippen LogP contribution in [0, 0.1) is 0 Å². The van der Waals surface area contributed by atoms with Crippen LogP contribution in [0.15, 0.2) is 24.3 Å². The van der Waals surface area contributed by atoms with Crippen molar-refractivity contribution in [3.8, 4) is 0 Å². The van der Waals surface area contributed by atoms with Gasteiger partial charge in [-0.05, 0) is 19.9 Å². The molecule has 0 aromatic heterocycles. The van der Waals surface area contributed by atoms with Crippen molar-refractivity contribution in [1.29, 1.82) is 0 Å². The fourth-order valence-corrected chi connectivity index (χ4v) is 1.28. The van der Waals surface area contributed by atoms with Gasteiger partial charge >= 0.3 is 6.18 Å². The summed E-state index contributed by atoms with van der Waals surface area (Å²) in [6.07, 6.45) is -4.54. The molecule has 0 saturated heterocycles. The van der Waals surface area contributed by atoms with E-state index in [4.69, 9.17) is 5.73 Å². The second-order valence-electron chi connectivity index (χ2n) is 4.09.